The third-order valence-corrected chi connectivity index (χ3v) is 4.96. The first-order valence-corrected chi connectivity index (χ1v) is 10.3. The van der Waals surface area contributed by atoms with Crippen LogP contribution in [-0.2, 0) is 38.2 Å². The molecule has 9 heteroatoms. The van der Waals surface area contributed by atoms with E-state index < -0.39 is 11.4 Å². The van der Waals surface area contributed by atoms with Crippen LogP contribution in [-0.4, -0.2) is 38.5 Å². The molecule has 1 aromatic carbocycles. The average Bonchev–Trinajstić information content (AvgIpc) is 3.19. The molecule has 0 aliphatic carbocycles. The van der Waals surface area contributed by atoms with Crippen molar-refractivity contribution in [2.45, 2.75) is 32.9 Å². The molecule has 0 saturated heterocycles. The van der Waals surface area contributed by atoms with Crippen molar-refractivity contribution >= 4 is 28.7 Å². The maximum atomic E-state index is 12.2. The minimum absolute atomic E-state index is 0.185. The average molecular weight is 416 g/mol. The van der Waals surface area contributed by atoms with Crippen molar-refractivity contribution in [3.63, 3.8) is 0 Å². The summed E-state index contributed by atoms with van der Waals surface area (Å²) in [5, 5.41) is 9.22. The Hall–Kier alpha value is -1.62. The summed E-state index contributed by atoms with van der Waals surface area (Å²) in [6.45, 7) is 5.70. The summed E-state index contributed by atoms with van der Waals surface area (Å²) in [5.74, 6) is -0.185. The number of carbonyl (C=O) groups is 1. The summed E-state index contributed by atoms with van der Waals surface area (Å²) in [6, 6.07) is 11.7. The van der Waals surface area contributed by atoms with Gasteiger partial charge in [0.1, 0.15) is 6.04 Å². The largest absolute Gasteiger partial charge is 0.468 e. The van der Waals surface area contributed by atoms with Crippen LogP contribution in [0.1, 0.15) is 35.9 Å². The van der Waals surface area contributed by atoms with Crippen LogP contribution < -0.4 is 0 Å². The number of benzene rings is 1. The Morgan fingerprint density at radius 3 is 2.44 bits per heavy atom. The molecule has 2 heterocycles. The van der Waals surface area contributed by atoms with Gasteiger partial charge in [-0.15, -0.1) is 15.7 Å². The SMILES string of the molecule is CC.COC(=O)C(c1ccccc1)N1CCc2sccc2C1.O=S(O)OO. The predicted molar refractivity (Wildman–Crippen MR) is 105 cm³/mol. The molecule has 0 fully saturated rings. The zero-order valence-electron chi connectivity index (χ0n) is 15.5. The molecule has 3 rings (SSSR count). The van der Waals surface area contributed by atoms with Gasteiger partial charge in [-0.1, -0.05) is 44.2 Å². The first-order chi connectivity index (χ1) is 13.1. The topological polar surface area (TPSA) is 96.3 Å². The quantitative estimate of drug-likeness (QED) is 0.340. The van der Waals surface area contributed by atoms with E-state index in [2.05, 4.69) is 20.7 Å². The maximum Gasteiger partial charge on any atom is 0.330 e. The Morgan fingerprint density at radius 1 is 1.26 bits per heavy atom. The number of ether oxygens (including phenoxy) is 1. The van der Waals surface area contributed by atoms with E-state index in [1.807, 2.05) is 44.2 Å². The van der Waals surface area contributed by atoms with E-state index in [0.29, 0.717) is 0 Å². The van der Waals surface area contributed by atoms with Gasteiger partial charge < -0.3 is 4.74 Å². The second-order valence-electron chi connectivity index (χ2n) is 5.22. The number of hydrogen-bond acceptors (Lipinski definition) is 7. The molecule has 2 aromatic rings. The van der Waals surface area contributed by atoms with E-state index in [9.17, 15) is 4.79 Å². The molecule has 0 saturated carbocycles. The fourth-order valence-electron chi connectivity index (χ4n) is 2.73. The molecule has 2 atom stereocenters. The van der Waals surface area contributed by atoms with Gasteiger partial charge in [-0.3, -0.25) is 9.45 Å². The summed E-state index contributed by atoms with van der Waals surface area (Å²) >= 11 is -0.711. The fraction of sp³-hybridized carbons (Fsp3) is 0.389. The monoisotopic (exact) mass is 415 g/mol. The lowest BCUT2D eigenvalue weighted by Gasteiger charge is -2.33. The molecular formula is C18H25NO6S2. The van der Waals surface area contributed by atoms with Gasteiger partial charge in [0.15, 0.2) is 0 Å². The lowest BCUT2D eigenvalue weighted by Crippen LogP contribution is -2.38. The van der Waals surface area contributed by atoms with Crippen LogP contribution in [0.5, 0.6) is 0 Å². The van der Waals surface area contributed by atoms with Crippen LogP contribution in [0.25, 0.3) is 0 Å². The zero-order valence-corrected chi connectivity index (χ0v) is 17.2. The summed E-state index contributed by atoms with van der Waals surface area (Å²) in [6.07, 6.45) is 1.01. The standard InChI is InChI=1S/C16H17NO2S.C2H6.H2O4S/c1-19-16(18)15(12-5-3-2-4-6-12)17-9-7-14-13(11-17)8-10-20-14;1-2;1-4-5(2)3/h2-6,8,10,15H,7,9,11H2,1H3;1-2H3;1H,(H,2,3). The highest BCUT2D eigenvalue weighted by molar-refractivity contribution is 7.74. The lowest BCUT2D eigenvalue weighted by molar-refractivity contribution is -0.147. The van der Waals surface area contributed by atoms with Gasteiger partial charge in [0.2, 0.25) is 0 Å². The normalized spacial score (nSPS) is 15.1. The molecule has 1 aliphatic rings. The Morgan fingerprint density at radius 2 is 1.89 bits per heavy atom. The van der Waals surface area contributed by atoms with Crippen LogP contribution in [0.2, 0.25) is 0 Å². The third kappa shape index (κ3) is 7.13. The van der Waals surface area contributed by atoms with Gasteiger partial charge in [-0.25, -0.2) is 10.1 Å². The molecule has 2 N–H and O–H groups in total. The number of rotatable bonds is 4. The predicted octanol–water partition coefficient (Wildman–Crippen LogP) is 3.66. The Bertz CT molecular complexity index is 707. The Kier molecular flexibility index (Phi) is 11.0. The number of nitrogens with zero attached hydrogens (tertiary/aromatic N) is 1. The molecular weight excluding hydrogens is 390 g/mol. The molecule has 2 unspecified atom stereocenters. The summed E-state index contributed by atoms with van der Waals surface area (Å²) in [7, 11) is 1.46. The van der Waals surface area contributed by atoms with Crippen molar-refractivity contribution in [3.8, 4) is 0 Å². The van der Waals surface area contributed by atoms with Crippen molar-refractivity contribution < 1.29 is 27.9 Å². The summed E-state index contributed by atoms with van der Waals surface area (Å²) in [5.41, 5.74) is 2.34. The van der Waals surface area contributed by atoms with Gasteiger partial charge in [0.05, 0.1) is 7.11 Å². The molecule has 0 radical (unpaired) electrons. The van der Waals surface area contributed by atoms with Gasteiger partial charge in [0.25, 0.3) is 0 Å². The maximum absolute atomic E-state index is 12.2. The molecule has 0 spiro atoms. The second kappa shape index (κ2) is 12.7. The highest BCUT2D eigenvalue weighted by Gasteiger charge is 2.31. The smallest absolute Gasteiger partial charge is 0.330 e. The van der Waals surface area contributed by atoms with Crippen LogP contribution in [0.15, 0.2) is 41.8 Å². The fourth-order valence-corrected chi connectivity index (χ4v) is 3.62. The number of esters is 1. The zero-order chi connectivity index (χ0) is 20.2. The second-order valence-corrected chi connectivity index (χ2v) is 6.80. The van der Waals surface area contributed by atoms with Gasteiger partial charge in [-0.05, 0) is 29.0 Å². The van der Waals surface area contributed by atoms with Gasteiger partial charge >= 0.3 is 17.3 Å². The van der Waals surface area contributed by atoms with E-state index in [-0.39, 0.29) is 12.0 Å². The van der Waals surface area contributed by atoms with Crippen LogP contribution >= 0.6 is 11.3 Å². The Balaban J connectivity index is 0.000000454. The summed E-state index contributed by atoms with van der Waals surface area (Å²) in [4.78, 5) is 15.8. The van der Waals surface area contributed by atoms with E-state index in [1.54, 1.807) is 11.3 Å². The number of fused-ring (bicyclic) bond motifs is 1. The number of methoxy groups -OCH3 is 1. The van der Waals surface area contributed by atoms with Crippen molar-refractivity contribution in [3.05, 3.63) is 57.8 Å². The molecule has 0 bridgehead atoms. The van der Waals surface area contributed by atoms with Crippen LogP contribution in [0.4, 0.5) is 0 Å². The van der Waals surface area contributed by atoms with E-state index in [0.717, 1.165) is 25.1 Å². The van der Waals surface area contributed by atoms with Crippen LogP contribution in [0, 0.1) is 0 Å². The van der Waals surface area contributed by atoms with Gasteiger partial charge in [0, 0.05) is 18.0 Å². The van der Waals surface area contributed by atoms with Crippen molar-refractivity contribution in [1.82, 2.24) is 4.90 Å². The summed E-state index contributed by atoms with van der Waals surface area (Å²) < 4.78 is 24.2. The Labute approximate surface area is 166 Å². The first-order valence-electron chi connectivity index (χ1n) is 8.41. The van der Waals surface area contributed by atoms with Crippen LogP contribution in [0.3, 0.4) is 0 Å². The minimum Gasteiger partial charge on any atom is -0.468 e. The molecule has 1 aromatic heterocycles. The van der Waals surface area contributed by atoms with Crippen molar-refractivity contribution in [2.75, 3.05) is 13.7 Å². The molecule has 27 heavy (non-hydrogen) atoms. The molecule has 1 aliphatic heterocycles. The molecule has 7 nitrogen and oxygen atoms in total. The van der Waals surface area contributed by atoms with E-state index in [4.69, 9.17) is 18.8 Å². The van der Waals surface area contributed by atoms with E-state index in [1.165, 1.54) is 17.6 Å². The number of carbonyl (C=O) groups excluding carboxylic acids is 1. The number of thiophene rings is 1. The highest BCUT2D eigenvalue weighted by atomic mass is 32.2. The van der Waals surface area contributed by atoms with Crippen molar-refractivity contribution in [1.29, 1.82) is 0 Å². The van der Waals surface area contributed by atoms with Gasteiger partial charge in [-0.2, -0.15) is 4.21 Å². The lowest BCUT2D eigenvalue weighted by atomic mass is 10.0. The molecule has 0 amide bonds. The molecule has 150 valence electrons. The number of hydrogen-bond donors (Lipinski definition) is 2. The minimum atomic E-state index is -2.52. The van der Waals surface area contributed by atoms with Crippen molar-refractivity contribution in [2.24, 2.45) is 0 Å². The third-order valence-electron chi connectivity index (χ3n) is 3.81. The van der Waals surface area contributed by atoms with E-state index >= 15 is 0 Å². The first kappa shape index (κ1) is 23.4. The highest BCUT2D eigenvalue weighted by Crippen LogP contribution is 2.31.